The van der Waals surface area contributed by atoms with E-state index in [2.05, 4.69) is 9.88 Å². The number of phenols is 1. The van der Waals surface area contributed by atoms with Crippen LogP contribution in [0, 0.1) is 6.92 Å². The average molecular weight is 411 g/mol. The normalized spacial score (nSPS) is 14.3. The van der Waals surface area contributed by atoms with Gasteiger partial charge in [0.2, 0.25) is 0 Å². The first-order valence-corrected chi connectivity index (χ1v) is 9.98. The number of hydrogen-bond donors (Lipinski definition) is 1. The average Bonchev–Trinajstić information content (AvgIpc) is 3.09. The summed E-state index contributed by atoms with van der Waals surface area (Å²) in [6.07, 6.45) is 1.72. The van der Waals surface area contributed by atoms with Crippen molar-refractivity contribution in [3.8, 4) is 5.75 Å². The Morgan fingerprint density at radius 3 is 2.52 bits per heavy atom. The second kappa shape index (κ2) is 8.17. The Morgan fingerprint density at radius 2 is 1.83 bits per heavy atom. The standard InChI is InChI=1S/C22H23ClN4O2/c1-16-21(24-15-27(16)14-17-5-7-18(23)8-6-17)22(29)26-11-9-25(10-12-26)19-3-2-4-20(28)13-19/h2-8,13,15,28H,9-12,14H2,1H3. The second-order valence-corrected chi connectivity index (χ2v) is 7.67. The van der Waals surface area contributed by atoms with E-state index in [0.29, 0.717) is 30.4 Å². The highest BCUT2D eigenvalue weighted by molar-refractivity contribution is 6.30. The summed E-state index contributed by atoms with van der Waals surface area (Å²) in [6, 6.07) is 14.9. The number of amides is 1. The van der Waals surface area contributed by atoms with Gasteiger partial charge in [-0.1, -0.05) is 29.8 Å². The molecular weight excluding hydrogens is 388 g/mol. The number of halogens is 1. The van der Waals surface area contributed by atoms with Gasteiger partial charge in [-0.3, -0.25) is 4.79 Å². The smallest absolute Gasteiger partial charge is 0.274 e. The quantitative estimate of drug-likeness (QED) is 0.714. The lowest BCUT2D eigenvalue weighted by Crippen LogP contribution is -2.49. The zero-order valence-corrected chi connectivity index (χ0v) is 17.0. The van der Waals surface area contributed by atoms with Gasteiger partial charge >= 0.3 is 0 Å². The maximum atomic E-state index is 13.0. The molecule has 150 valence electrons. The van der Waals surface area contributed by atoms with E-state index in [1.807, 2.05) is 52.8 Å². The Kier molecular flexibility index (Phi) is 5.45. The van der Waals surface area contributed by atoms with Gasteiger partial charge in [-0.25, -0.2) is 4.98 Å². The number of aromatic hydroxyl groups is 1. The van der Waals surface area contributed by atoms with Crippen molar-refractivity contribution in [2.75, 3.05) is 31.1 Å². The molecule has 1 aromatic heterocycles. The van der Waals surface area contributed by atoms with Crippen molar-refractivity contribution in [1.82, 2.24) is 14.5 Å². The van der Waals surface area contributed by atoms with Crippen molar-refractivity contribution >= 4 is 23.2 Å². The molecule has 29 heavy (non-hydrogen) atoms. The minimum absolute atomic E-state index is 0.0343. The van der Waals surface area contributed by atoms with Crippen LogP contribution in [0.5, 0.6) is 5.75 Å². The SMILES string of the molecule is Cc1c(C(=O)N2CCN(c3cccc(O)c3)CC2)ncn1Cc1ccc(Cl)cc1. The van der Waals surface area contributed by atoms with Gasteiger partial charge < -0.3 is 19.5 Å². The number of carbonyl (C=O) groups is 1. The molecule has 0 spiro atoms. The van der Waals surface area contributed by atoms with Gasteiger partial charge in [0.15, 0.2) is 0 Å². The van der Waals surface area contributed by atoms with Gasteiger partial charge in [0.25, 0.3) is 5.91 Å². The minimum atomic E-state index is -0.0343. The molecule has 1 amide bonds. The Morgan fingerprint density at radius 1 is 1.10 bits per heavy atom. The van der Waals surface area contributed by atoms with Crippen molar-refractivity contribution in [3.63, 3.8) is 0 Å². The number of hydrogen-bond acceptors (Lipinski definition) is 4. The lowest BCUT2D eigenvalue weighted by molar-refractivity contribution is 0.0740. The van der Waals surface area contributed by atoms with Crippen molar-refractivity contribution in [2.45, 2.75) is 13.5 Å². The summed E-state index contributed by atoms with van der Waals surface area (Å²) in [5.74, 6) is 0.218. The van der Waals surface area contributed by atoms with E-state index in [1.165, 1.54) is 0 Å². The van der Waals surface area contributed by atoms with Gasteiger partial charge in [-0.15, -0.1) is 0 Å². The molecule has 1 saturated heterocycles. The van der Waals surface area contributed by atoms with E-state index in [-0.39, 0.29) is 11.7 Å². The number of piperazine rings is 1. The van der Waals surface area contributed by atoms with Crippen LogP contribution in [0.25, 0.3) is 0 Å². The predicted octanol–water partition coefficient (Wildman–Crippen LogP) is 3.56. The summed E-state index contributed by atoms with van der Waals surface area (Å²) >= 11 is 5.95. The number of benzene rings is 2. The molecule has 0 bridgehead atoms. The van der Waals surface area contributed by atoms with Crippen LogP contribution in [0.1, 0.15) is 21.7 Å². The predicted molar refractivity (Wildman–Crippen MR) is 114 cm³/mol. The van der Waals surface area contributed by atoms with Crippen LogP contribution >= 0.6 is 11.6 Å². The highest BCUT2D eigenvalue weighted by Crippen LogP contribution is 2.22. The number of nitrogens with zero attached hydrogens (tertiary/aromatic N) is 4. The molecule has 0 radical (unpaired) electrons. The third-order valence-corrected chi connectivity index (χ3v) is 5.58. The number of anilines is 1. The minimum Gasteiger partial charge on any atom is -0.508 e. The Balaban J connectivity index is 1.41. The molecule has 1 aliphatic rings. The van der Waals surface area contributed by atoms with E-state index in [4.69, 9.17) is 11.6 Å². The fourth-order valence-corrected chi connectivity index (χ4v) is 3.73. The molecule has 0 atom stereocenters. The Labute approximate surface area is 175 Å². The maximum Gasteiger partial charge on any atom is 0.274 e. The maximum absolute atomic E-state index is 13.0. The summed E-state index contributed by atoms with van der Waals surface area (Å²) in [6.45, 7) is 5.27. The van der Waals surface area contributed by atoms with Gasteiger partial charge in [0.1, 0.15) is 11.4 Å². The lowest BCUT2D eigenvalue weighted by atomic mass is 10.2. The van der Waals surface area contributed by atoms with Crippen LogP contribution in [0.3, 0.4) is 0 Å². The summed E-state index contributed by atoms with van der Waals surface area (Å²) < 4.78 is 1.99. The summed E-state index contributed by atoms with van der Waals surface area (Å²) in [4.78, 5) is 21.4. The molecule has 1 aliphatic heterocycles. The summed E-state index contributed by atoms with van der Waals surface area (Å²) in [7, 11) is 0. The van der Waals surface area contributed by atoms with Crippen LogP contribution in [0.4, 0.5) is 5.69 Å². The summed E-state index contributed by atoms with van der Waals surface area (Å²) in [5.41, 5.74) is 3.44. The van der Waals surface area contributed by atoms with Crippen molar-refractivity contribution in [3.05, 3.63) is 76.8 Å². The molecule has 0 unspecified atom stereocenters. The van der Waals surface area contributed by atoms with Crippen LogP contribution in [0.15, 0.2) is 54.9 Å². The molecular formula is C22H23ClN4O2. The van der Waals surface area contributed by atoms with E-state index >= 15 is 0 Å². The lowest BCUT2D eigenvalue weighted by Gasteiger charge is -2.36. The zero-order chi connectivity index (χ0) is 20.4. The molecule has 1 fully saturated rings. The van der Waals surface area contributed by atoms with Crippen molar-refractivity contribution in [1.29, 1.82) is 0 Å². The first-order chi connectivity index (χ1) is 14.0. The molecule has 2 heterocycles. The van der Waals surface area contributed by atoms with Crippen LogP contribution in [-0.2, 0) is 6.54 Å². The number of aromatic nitrogens is 2. The van der Waals surface area contributed by atoms with Crippen LogP contribution in [-0.4, -0.2) is 51.6 Å². The van der Waals surface area contributed by atoms with Gasteiger partial charge in [-0.05, 0) is 36.8 Å². The zero-order valence-electron chi connectivity index (χ0n) is 16.3. The summed E-state index contributed by atoms with van der Waals surface area (Å²) in [5, 5.41) is 10.4. The van der Waals surface area contributed by atoms with E-state index < -0.39 is 0 Å². The molecule has 7 heteroatoms. The molecule has 0 aliphatic carbocycles. The molecule has 1 N–H and O–H groups in total. The monoisotopic (exact) mass is 410 g/mol. The number of carbonyl (C=O) groups excluding carboxylic acids is 1. The van der Waals surface area contributed by atoms with Gasteiger partial charge in [-0.2, -0.15) is 0 Å². The Bertz CT molecular complexity index is 1010. The van der Waals surface area contributed by atoms with Gasteiger partial charge in [0, 0.05) is 55.2 Å². The van der Waals surface area contributed by atoms with Crippen molar-refractivity contribution in [2.24, 2.45) is 0 Å². The van der Waals surface area contributed by atoms with E-state index in [1.54, 1.807) is 18.5 Å². The molecule has 6 nitrogen and oxygen atoms in total. The molecule has 4 rings (SSSR count). The second-order valence-electron chi connectivity index (χ2n) is 7.23. The van der Waals surface area contributed by atoms with Crippen LogP contribution in [0.2, 0.25) is 5.02 Å². The van der Waals surface area contributed by atoms with E-state index in [9.17, 15) is 9.90 Å². The highest BCUT2D eigenvalue weighted by atomic mass is 35.5. The van der Waals surface area contributed by atoms with Crippen LogP contribution < -0.4 is 4.90 Å². The number of imidazole rings is 1. The molecule has 0 saturated carbocycles. The number of phenolic OH excluding ortho intramolecular Hbond substituents is 1. The first kappa shape index (κ1) is 19.3. The van der Waals surface area contributed by atoms with E-state index in [0.717, 1.165) is 30.0 Å². The molecule has 3 aromatic rings. The van der Waals surface area contributed by atoms with Crippen molar-refractivity contribution < 1.29 is 9.90 Å². The first-order valence-electron chi connectivity index (χ1n) is 9.60. The number of rotatable bonds is 4. The molecule has 2 aromatic carbocycles. The largest absolute Gasteiger partial charge is 0.508 e. The fraction of sp³-hybridized carbons (Fsp3) is 0.273. The van der Waals surface area contributed by atoms with Gasteiger partial charge in [0.05, 0.1) is 6.33 Å². The topological polar surface area (TPSA) is 61.6 Å². The third-order valence-electron chi connectivity index (χ3n) is 5.33. The Hall–Kier alpha value is -2.99. The third kappa shape index (κ3) is 4.22. The fourth-order valence-electron chi connectivity index (χ4n) is 3.61. The highest BCUT2D eigenvalue weighted by Gasteiger charge is 2.25.